The van der Waals surface area contributed by atoms with Crippen molar-refractivity contribution in [2.45, 2.75) is 19.0 Å². The second-order valence-electron chi connectivity index (χ2n) is 9.17. The van der Waals surface area contributed by atoms with Gasteiger partial charge in [0.1, 0.15) is 5.75 Å². The van der Waals surface area contributed by atoms with E-state index in [4.69, 9.17) is 4.74 Å². The number of benzene rings is 3. The van der Waals surface area contributed by atoms with Crippen molar-refractivity contribution >= 4 is 0 Å². The maximum Gasteiger partial charge on any atom is 0.331 e. The summed E-state index contributed by atoms with van der Waals surface area (Å²) in [7, 11) is 0. The highest BCUT2D eigenvalue weighted by atomic mass is 16.5. The minimum absolute atomic E-state index is 0.0370. The molecule has 0 saturated carbocycles. The molecule has 0 radical (unpaired) electrons. The molecule has 2 aromatic heterocycles. The van der Waals surface area contributed by atoms with Crippen molar-refractivity contribution in [3.8, 4) is 17.5 Å². The first-order chi connectivity index (χ1) is 18.9. The molecule has 0 amide bonds. The second kappa shape index (κ2) is 9.49. The predicted molar refractivity (Wildman–Crippen MR) is 141 cm³/mol. The third kappa shape index (κ3) is 4.17. The van der Waals surface area contributed by atoms with Crippen LogP contribution in [0, 0.1) is 0 Å². The fourth-order valence-electron chi connectivity index (χ4n) is 4.92. The van der Waals surface area contributed by atoms with Crippen molar-refractivity contribution in [2.75, 3.05) is 0 Å². The summed E-state index contributed by atoms with van der Waals surface area (Å²) in [6.45, 7) is -0.116. The monoisotopic (exact) mass is 521 g/mol. The molecule has 0 saturated heterocycles. The predicted octanol–water partition coefficient (Wildman–Crippen LogP) is 1.84. The molecule has 5 aromatic rings. The average Bonchev–Trinajstić information content (AvgIpc) is 2.94. The van der Waals surface area contributed by atoms with Gasteiger partial charge in [-0.1, -0.05) is 78.9 Å². The third-order valence-electron chi connectivity index (χ3n) is 6.76. The lowest BCUT2D eigenvalue weighted by Crippen LogP contribution is -2.42. The highest BCUT2D eigenvalue weighted by molar-refractivity contribution is 5.56. The van der Waals surface area contributed by atoms with Crippen LogP contribution in [0.15, 0.2) is 104 Å². The number of hydrogen-bond acceptors (Lipinski definition) is 6. The molecule has 10 nitrogen and oxygen atoms in total. The van der Waals surface area contributed by atoms with E-state index in [1.54, 1.807) is 78.9 Å². The van der Waals surface area contributed by atoms with Gasteiger partial charge in [-0.15, -0.1) is 0 Å². The number of aromatic amines is 2. The van der Waals surface area contributed by atoms with Gasteiger partial charge in [-0.25, -0.2) is 9.59 Å². The van der Waals surface area contributed by atoms with E-state index in [2.05, 4.69) is 9.97 Å². The Bertz CT molecular complexity index is 1940. The number of H-pyrrole nitrogens is 2. The standard InChI is InChI=1S/C29H22N4O6/c34-24-22(26(35)32(28(37)30-24)15-17-9-3-1-4-10-17)21-19-13-7-8-14-20(19)39-25-23(21)27(36)33(29(38)31-25)16-18-11-5-2-6-12-18/h1-14,21,35H,15-16H2,(H,31,38)(H,30,34,37)/p-1. The van der Waals surface area contributed by atoms with Crippen molar-refractivity contribution in [1.82, 2.24) is 19.1 Å². The quantitative estimate of drug-likeness (QED) is 0.355. The molecule has 194 valence electrons. The number of ether oxygens (including phenoxy) is 1. The highest BCUT2D eigenvalue weighted by Gasteiger charge is 2.36. The Hall–Kier alpha value is -5.38. The lowest BCUT2D eigenvalue weighted by molar-refractivity contribution is -0.281. The maximum absolute atomic E-state index is 13.9. The van der Waals surface area contributed by atoms with Crippen molar-refractivity contribution in [3.05, 3.63) is 154 Å². The highest BCUT2D eigenvalue weighted by Crippen LogP contribution is 2.44. The Morgan fingerprint density at radius 1 is 0.692 bits per heavy atom. The first-order valence-electron chi connectivity index (χ1n) is 12.2. The SMILES string of the molecule is O=c1[nH]c(=O)n(Cc2ccccc2)c([O-])c1C1c2ccccc2Oc2[nH]c(=O)n(Cc3ccccc3)c(=O)c21. The summed E-state index contributed by atoms with van der Waals surface area (Å²) >= 11 is 0. The molecule has 39 heavy (non-hydrogen) atoms. The van der Waals surface area contributed by atoms with E-state index < -0.39 is 34.3 Å². The summed E-state index contributed by atoms with van der Waals surface area (Å²) in [5, 5.41) is 13.8. The minimum atomic E-state index is -1.20. The molecule has 1 aliphatic rings. The normalized spacial score (nSPS) is 13.8. The Balaban J connectivity index is 1.60. The van der Waals surface area contributed by atoms with E-state index in [0.717, 1.165) is 9.13 Å². The molecule has 6 rings (SSSR count). The number of fused-ring (bicyclic) bond motifs is 2. The topological polar surface area (TPSA) is 142 Å². The zero-order chi connectivity index (χ0) is 27.1. The third-order valence-corrected chi connectivity index (χ3v) is 6.76. The van der Waals surface area contributed by atoms with Crippen LogP contribution in [0.4, 0.5) is 0 Å². The molecule has 2 N–H and O–H groups in total. The summed E-state index contributed by atoms with van der Waals surface area (Å²) in [6.07, 6.45) is 0. The number of para-hydroxylation sites is 1. The van der Waals surface area contributed by atoms with E-state index >= 15 is 0 Å². The average molecular weight is 522 g/mol. The first kappa shape index (κ1) is 24.0. The van der Waals surface area contributed by atoms with Gasteiger partial charge in [0, 0.05) is 11.1 Å². The molecule has 0 spiro atoms. The molecular weight excluding hydrogens is 500 g/mol. The molecule has 0 bridgehead atoms. The fourth-order valence-corrected chi connectivity index (χ4v) is 4.92. The van der Waals surface area contributed by atoms with E-state index in [-0.39, 0.29) is 35.8 Å². The zero-order valence-electron chi connectivity index (χ0n) is 20.4. The molecule has 10 heteroatoms. The van der Waals surface area contributed by atoms with Gasteiger partial charge in [0.25, 0.3) is 11.1 Å². The lowest BCUT2D eigenvalue weighted by Gasteiger charge is -2.30. The number of hydrogen-bond donors (Lipinski definition) is 2. The van der Waals surface area contributed by atoms with E-state index in [1.165, 1.54) is 0 Å². The largest absolute Gasteiger partial charge is 0.860 e. The van der Waals surface area contributed by atoms with E-state index in [0.29, 0.717) is 16.7 Å². The lowest BCUT2D eigenvalue weighted by atomic mass is 9.84. The Labute approximate surface area is 220 Å². The van der Waals surface area contributed by atoms with E-state index in [1.807, 2.05) is 6.07 Å². The minimum Gasteiger partial charge on any atom is -0.860 e. The fraction of sp³-hybridized carbons (Fsp3) is 0.103. The van der Waals surface area contributed by atoms with Gasteiger partial charge >= 0.3 is 11.4 Å². The summed E-state index contributed by atoms with van der Waals surface area (Å²) in [4.78, 5) is 57.7. The van der Waals surface area contributed by atoms with Crippen LogP contribution in [0.5, 0.6) is 17.5 Å². The molecule has 3 aromatic carbocycles. The molecule has 1 atom stereocenters. The van der Waals surface area contributed by atoms with Crippen molar-refractivity contribution in [1.29, 1.82) is 0 Å². The smallest absolute Gasteiger partial charge is 0.331 e. The van der Waals surface area contributed by atoms with Gasteiger partial charge in [-0.2, -0.15) is 0 Å². The van der Waals surface area contributed by atoms with Crippen molar-refractivity contribution < 1.29 is 9.84 Å². The molecule has 1 aliphatic heterocycles. The number of nitrogens with zero attached hydrogens (tertiary/aromatic N) is 2. The Morgan fingerprint density at radius 2 is 1.26 bits per heavy atom. The summed E-state index contributed by atoms with van der Waals surface area (Å²) in [5.41, 5.74) is -1.82. The van der Waals surface area contributed by atoms with Crippen LogP contribution >= 0.6 is 0 Å². The van der Waals surface area contributed by atoms with Gasteiger partial charge in [0.2, 0.25) is 5.88 Å². The van der Waals surface area contributed by atoms with Crippen molar-refractivity contribution in [2.24, 2.45) is 0 Å². The van der Waals surface area contributed by atoms with Crippen LogP contribution in [-0.2, 0) is 13.1 Å². The molecular formula is C29H21N4O6-. The van der Waals surface area contributed by atoms with Gasteiger partial charge in [-0.05, 0) is 23.1 Å². The van der Waals surface area contributed by atoms with Gasteiger partial charge in [0.15, 0.2) is 0 Å². The van der Waals surface area contributed by atoms with Crippen LogP contribution in [0.2, 0.25) is 0 Å². The number of nitrogens with one attached hydrogen (secondary N) is 2. The van der Waals surface area contributed by atoms with Gasteiger partial charge in [-0.3, -0.25) is 24.1 Å². The molecule has 1 unspecified atom stereocenters. The molecule has 3 heterocycles. The summed E-state index contributed by atoms with van der Waals surface area (Å²) < 4.78 is 7.80. The second-order valence-corrected chi connectivity index (χ2v) is 9.17. The van der Waals surface area contributed by atoms with Crippen LogP contribution in [-0.4, -0.2) is 19.1 Å². The van der Waals surface area contributed by atoms with Crippen LogP contribution in [0.1, 0.15) is 33.7 Å². The van der Waals surface area contributed by atoms with Crippen LogP contribution in [0.25, 0.3) is 0 Å². The van der Waals surface area contributed by atoms with Crippen LogP contribution < -0.4 is 32.3 Å². The van der Waals surface area contributed by atoms with Gasteiger partial charge in [0.05, 0.1) is 24.6 Å². The van der Waals surface area contributed by atoms with Crippen LogP contribution in [0.3, 0.4) is 0 Å². The zero-order valence-corrected chi connectivity index (χ0v) is 20.4. The van der Waals surface area contributed by atoms with Crippen molar-refractivity contribution in [3.63, 3.8) is 0 Å². The maximum atomic E-state index is 13.9. The number of aromatic nitrogens is 4. The number of rotatable bonds is 5. The Morgan fingerprint density at radius 3 is 1.92 bits per heavy atom. The van der Waals surface area contributed by atoms with E-state index in [9.17, 15) is 24.3 Å². The summed E-state index contributed by atoms with van der Waals surface area (Å²) in [5.74, 6) is -1.92. The molecule has 0 fully saturated rings. The Kier molecular flexibility index (Phi) is 5.84. The first-order valence-corrected chi connectivity index (χ1v) is 12.2. The summed E-state index contributed by atoms with van der Waals surface area (Å²) in [6, 6.07) is 24.4. The van der Waals surface area contributed by atoms with Gasteiger partial charge < -0.3 is 14.4 Å². The molecule has 0 aliphatic carbocycles.